The van der Waals surface area contributed by atoms with Crippen molar-refractivity contribution in [3.63, 3.8) is 0 Å². The fourth-order valence-corrected chi connectivity index (χ4v) is 2.47. The van der Waals surface area contributed by atoms with Crippen LogP contribution in [0.3, 0.4) is 0 Å². The average molecular weight is 336 g/mol. The summed E-state index contributed by atoms with van der Waals surface area (Å²) in [6, 6.07) is 7.23. The minimum absolute atomic E-state index is 0.121. The smallest absolute Gasteiger partial charge is 0.364 e. The maximum absolute atomic E-state index is 11.0. The number of benzene rings is 1. The Bertz CT molecular complexity index is 606. The van der Waals surface area contributed by atoms with Crippen molar-refractivity contribution in [3.05, 3.63) is 35.4 Å². The Morgan fingerprint density at radius 2 is 2.04 bits per heavy atom. The largest absolute Gasteiger partial charge is 0.477 e. The molecule has 1 saturated heterocycles. The molecule has 4 atom stereocenters. The van der Waals surface area contributed by atoms with Crippen LogP contribution in [-0.4, -0.2) is 57.1 Å². The number of ether oxygens (including phenoxy) is 2. The molecule has 1 heterocycles. The number of aliphatic carboxylic acids is 1. The van der Waals surface area contributed by atoms with Crippen LogP contribution in [0.2, 0.25) is 0 Å². The lowest BCUT2D eigenvalue weighted by atomic mass is 9.94. The van der Waals surface area contributed by atoms with Crippen molar-refractivity contribution in [1.82, 2.24) is 0 Å². The minimum Gasteiger partial charge on any atom is -0.477 e. The second kappa shape index (κ2) is 7.75. The molecule has 7 heteroatoms. The first kappa shape index (κ1) is 18.4. The molecule has 2 unspecified atom stereocenters. The molecule has 1 aromatic rings. The van der Waals surface area contributed by atoms with E-state index in [0.717, 1.165) is 11.1 Å². The van der Waals surface area contributed by atoms with Gasteiger partial charge in [-0.05, 0) is 24.1 Å². The van der Waals surface area contributed by atoms with E-state index in [-0.39, 0.29) is 13.0 Å². The van der Waals surface area contributed by atoms with Gasteiger partial charge in [0.25, 0.3) is 5.79 Å². The van der Waals surface area contributed by atoms with Crippen LogP contribution in [0.25, 0.3) is 0 Å². The van der Waals surface area contributed by atoms with E-state index in [1.165, 1.54) is 0 Å². The lowest BCUT2D eigenvalue weighted by molar-refractivity contribution is -0.295. The third-order valence-corrected chi connectivity index (χ3v) is 3.88. The fraction of sp³-hybridized carbons (Fsp3) is 0.471. The molecule has 7 nitrogen and oxygen atoms in total. The molecule has 1 aliphatic heterocycles. The van der Waals surface area contributed by atoms with E-state index in [1.807, 2.05) is 12.1 Å². The molecule has 0 spiro atoms. The Labute approximate surface area is 139 Å². The standard InChI is InChI=1S/C17H20O7/c1-2-11-3-5-12(6-4-11)10-23-8-7-14-15(19)13(18)9-17(22,24-14)16(20)21/h1,3-6,13-15,18-19,22H,7-10H2,(H,20,21)/t13-,14?,15-,17?/m1/s1. The summed E-state index contributed by atoms with van der Waals surface area (Å²) in [5.74, 6) is -1.60. The number of terminal acetylenes is 1. The van der Waals surface area contributed by atoms with Gasteiger partial charge in [-0.2, -0.15) is 0 Å². The van der Waals surface area contributed by atoms with Gasteiger partial charge in [-0.25, -0.2) is 4.79 Å². The molecule has 4 N–H and O–H groups in total. The SMILES string of the molecule is C#Cc1ccc(COCCC2OC(O)(C(=O)O)C[C@@H](O)[C@H]2O)cc1. The van der Waals surface area contributed by atoms with Gasteiger partial charge >= 0.3 is 5.97 Å². The quantitative estimate of drug-likeness (QED) is 0.422. The highest BCUT2D eigenvalue weighted by atomic mass is 16.7. The number of rotatable bonds is 6. The molecule has 0 aromatic heterocycles. The Balaban J connectivity index is 1.83. The molecule has 1 aromatic carbocycles. The van der Waals surface area contributed by atoms with Crippen LogP contribution in [0, 0.1) is 12.3 Å². The van der Waals surface area contributed by atoms with E-state index in [0.29, 0.717) is 6.61 Å². The van der Waals surface area contributed by atoms with Gasteiger partial charge in [-0.3, -0.25) is 0 Å². The van der Waals surface area contributed by atoms with Gasteiger partial charge in [-0.1, -0.05) is 18.1 Å². The fourth-order valence-electron chi connectivity index (χ4n) is 2.47. The molecule has 0 aliphatic carbocycles. The zero-order chi connectivity index (χ0) is 17.7. The number of carboxylic acid groups (broad SMARTS) is 1. The van der Waals surface area contributed by atoms with Gasteiger partial charge in [0.1, 0.15) is 6.10 Å². The van der Waals surface area contributed by atoms with Crippen LogP contribution in [0.5, 0.6) is 0 Å². The van der Waals surface area contributed by atoms with Crippen LogP contribution in [0.4, 0.5) is 0 Å². The molecule has 2 rings (SSSR count). The highest BCUT2D eigenvalue weighted by molar-refractivity contribution is 5.75. The predicted molar refractivity (Wildman–Crippen MR) is 82.7 cm³/mol. The lowest BCUT2D eigenvalue weighted by Crippen LogP contribution is -2.58. The molecule has 130 valence electrons. The summed E-state index contributed by atoms with van der Waals surface area (Å²) in [5, 5.41) is 38.4. The van der Waals surface area contributed by atoms with Gasteiger partial charge in [0, 0.05) is 18.6 Å². The molecule has 0 amide bonds. The first-order valence-corrected chi connectivity index (χ1v) is 7.49. The molecular formula is C17H20O7. The number of aliphatic hydroxyl groups is 3. The molecule has 24 heavy (non-hydrogen) atoms. The molecule has 1 aliphatic rings. The Hall–Kier alpha value is -1.95. The predicted octanol–water partition coefficient (Wildman–Crippen LogP) is -0.142. The van der Waals surface area contributed by atoms with E-state index < -0.39 is 36.5 Å². The van der Waals surface area contributed by atoms with Crippen LogP contribution in [0.1, 0.15) is 24.0 Å². The van der Waals surface area contributed by atoms with Gasteiger partial charge < -0.3 is 29.9 Å². The monoisotopic (exact) mass is 336 g/mol. The topological polar surface area (TPSA) is 116 Å². The van der Waals surface area contributed by atoms with Crippen molar-refractivity contribution in [2.24, 2.45) is 0 Å². The second-order valence-corrected chi connectivity index (χ2v) is 5.69. The first-order valence-electron chi connectivity index (χ1n) is 7.49. The summed E-state index contributed by atoms with van der Waals surface area (Å²) in [7, 11) is 0. The summed E-state index contributed by atoms with van der Waals surface area (Å²) < 4.78 is 10.5. The number of hydrogen-bond acceptors (Lipinski definition) is 6. The van der Waals surface area contributed by atoms with Crippen LogP contribution in [-0.2, 0) is 20.9 Å². The van der Waals surface area contributed by atoms with Crippen LogP contribution < -0.4 is 0 Å². The lowest BCUT2D eigenvalue weighted by Gasteiger charge is -2.39. The van der Waals surface area contributed by atoms with Crippen molar-refractivity contribution in [2.45, 2.75) is 43.5 Å². The molecule has 1 fully saturated rings. The van der Waals surface area contributed by atoms with Gasteiger partial charge in [0.15, 0.2) is 0 Å². The zero-order valence-corrected chi connectivity index (χ0v) is 13.0. The number of aliphatic hydroxyl groups excluding tert-OH is 2. The van der Waals surface area contributed by atoms with Crippen molar-refractivity contribution >= 4 is 5.97 Å². The van der Waals surface area contributed by atoms with Crippen molar-refractivity contribution in [2.75, 3.05) is 6.61 Å². The maximum Gasteiger partial charge on any atom is 0.364 e. The van der Waals surface area contributed by atoms with Crippen molar-refractivity contribution < 1.29 is 34.7 Å². The number of carbonyl (C=O) groups is 1. The normalized spacial score (nSPS) is 29.8. The highest BCUT2D eigenvalue weighted by Crippen LogP contribution is 2.29. The number of hydrogen-bond donors (Lipinski definition) is 4. The highest BCUT2D eigenvalue weighted by Gasteiger charge is 2.50. The summed E-state index contributed by atoms with van der Waals surface area (Å²) in [6.45, 7) is 0.459. The third kappa shape index (κ3) is 4.32. The summed E-state index contributed by atoms with van der Waals surface area (Å²) in [4.78, 5) is 11.0. The summed E-state index contributed by atoms with van der Waals surface area (Å²) in [5.41, 5.74) is 1.67. The Kier molecular flexibility index (Phi) is 5.94. The first-order chi connectivity index (χ1) is 11.4. The molecule has 0 radical (unpaired) electrons. The second-order valence-electron chi connectivity index (χ2n) is 5.69. The van der Waals surface area contributed by atoms with Crippen LogP contribution in [0.15, 0.2) is 24.3 Å². The van der Waals surface area contributed by atoms with Crippen molar-refractivity contribution in [1.29, 1.82) is 0 Å². The van der Waals surface area contributed by atoms with E-state index in [9.17, 15) is 20.1 Å². The third-order valence-electron chi connectivity index (χ3n) is 3.88. The number of carboxylic acids is 1. The Morgan fingerprint density at radius 1 is 1.38 bits per heavy atom. The minimum atomic E-state index is -2.51. The van der Waals surface area contributed by atoms with Crippen molar-refractivity contribution in [3.8, 4) is 12.3 Å². The Morgan fingerprint density at radius 3 is 2.62 bits per heavy atom. The summed E-state index contributed by atoms with van der Waals surface area (Å²) >= 11 is 0. The van der Waals surface area contributed by atoms with Gasteiger partial charge in [-0.15, -0.1) is 6.42 Å². The van der Waals surface area contributed by atoms with Gasteiger partial charge in [0.05, 0.1) is 18.8 Å². The van der Waals surface area contributed by atoms with Crippen LogP contribution >= 0.6 is 0 Å². The zero-order valence-electron chi connectivity index (χ0n) is 13.0. The molecule has 0 bridgehead atoms. The van der Waals surface area contributed by atoms with Gasteiger partial charge in [0.2, 0.25) is 0 Å². The van der Waals surface area contributed by atoms with E-state index in [1.54, 1.807) is 12.1 Å². The maximum atomic E-state index is 11.0. The molecular weight excluding hydrogens is 316 g/mol. The molecule has 0 saturated carbocycles. The van der Waals surface area contributed by atoms with E-state index in [2.05, 4.69) is 5.92 Å². The van der Waals surface area contributed by atoms with E-state index >= 15 is 0 Å². The summed E-state index contributed by atoms with van der Waals surface area (Å²) in [6.07, 6.45) is 1.08. The average Bonchev–Trinajstić information content (AvgIpc) is 2.56. The van der Waals surface area contributed by atoms with E-state index in [4.69, 9.17) is 21.0 Å².